The summed E-state index contributed by atoms with van der Waals surface area (Å²) in [6.07, 6.45) is 0. The molecule has 0 spiro atoms. The van der Waals surface area contributed by atoms with E-state index in [2.05, 4.69) is 4.98 Å². The summed E-state index contributed by atoms with van der Waals surface area (Å²) in [6.45, 7) is 1.95. The first-order chi connectivity index (χ1) is 10.6. The predicted molar refractivity (Wildman–Crippen MR) is 86.2 cm³/mol. The standard InChI is InChI=1S/C17H12N2O2S/c1-9-6-7-11-15-12(8-22-16(11)18-9)14(17(20)21)10-4-2-3-5-13(10)19-15/h2-7H,8H2,1H3,(H,20,21). The van der Waals surface area contributed by atoms with Crippen molar-refractivity contribution in [1.82, 2.24) is 9.97 Å². The highest BCUT2D eigenvalue weighted by atomic mass is 32.2. The molecule has 2 aromatic heterocycles. The van der Waals surface area contributed by atoms with Crippen molar-refractivity contribution in [3.63, 3.8) is 0 Å². The Morgan fingerprint density at radius 1 is 1.18 bits per heavy atom. The van der Waals surface area contributed by atoms with Crippen LogP contribution in [-0.2, 0) is 5.75 Å². The molecule has 0 bridgehead atoms. The fourth-order valence-corrected chi connectivity index (χ4v) is 3.91. The lowest BCUT2D eigenvalue weighted by Crippen LogP contribution is -2.10. The van der Waals surface area contributed by atoms with Gasteiger partial charge in [0.05, 0.1) is 16.8 Å². The van der Waals surface area contributed by atoms with Gasteiger partial charge in [-0.05, 0) is 25.1 Å². The van der Waals surface area contributed by atoms with Crippen molar-refractivity contribution in [2.24, 2.45) is 0 Å². The first kappa shape index (κ1) is 13.3. The van der Waals surface area contributed by atoms with E-state index < -0.39 is 5.97 Å². The average Bonchev–Trinajstić information content (AvgIpc) is 2.51. The van der Waals surface area contributed by atoms with E-state index in [1.54, 1.807) is 11.8 Å². The maximum absolute atomic E-state index is 11.8. The number of aromatic carboxylic acids is 1. The SMILES string of the molecule is Cc1ccc2c(n1)SCc1c-2nc2ccccc2c1C(=O)O. The number of carboxylic acid groups (broad SMARTS) is 1. The molecule has 0 aliphatic carbocycles. The van der Waals surface area contributed by atoms with E-state index in [1.807, 2.05) is 43.3 Å². The Morgan fingerprint density at radius 2 is 2.00 bits per heavy atom. The van der Waals surface area contributed by atoms with Crippen LogP contribution in [0.25, 0.3) is 22.2 Å². The van der Waals surface area contributed by atoms with E-state index >= 15 is 0 Å². The van der Waals surface area contributed by atoms with Gasteiger partial charge in [-0.3, -0.25) is 0 Å². The molecule has 0 atom stereocenters. The van der Waals surface area contributed by atoms with Gasteiger partial charge < -0.3 is 5.11 Å². The molecular formula is C17H12N2O2S. The second-order valence-electron chi connectivity index (χ2n) is 5.23. The molecule has 22 heavy (non-hydrogen) atoms. The zero-order valence-electron chi connectivity index (χ0n) is 11.8. The largest absolute Gasteiger partial charge is 0.478 e. The molecule has 1 aliphatic heterocycles. The summed E-state index contributed by atoms with van der Waals surface area (Å²) in [5.41, 5.74) is 4.47. The molecule has 4 nitrogen and oxygen atoms in total. The number of carboxylic acids is 1. The minimum absolute atomic E-state index is 0.360. The smallest absolute Gasteiger partial charge is 0.336 e. The molecule has 0 unspecified atom stereocenters. The summed E-state index contributed by atoms with van der Waals surface area (Å²) >= 11 is 1.57. The molecule has 0 amide bonds. The van der Waals surface area contributed by atoms with Crippen LogP contribution in [-0.4, -0.2) is 21.0 Å². The molecule has 1 aliphatic rings. The van der Waals surface area contributed by atoms with E-state index in [1.165, 1.54) is 0 Å². The molecule has 108 valence electrons. The van der Waals surface area contributed by atoms with Crippen LogP contribution in [0.1, 0.15) is 21.6 Å². The first-order valence-electron chi connectivity index (χ1n) is 6.91. The zero-order chi connectivity index (χ0) is 15.3. The topological polar surface area (TPSA) is 63.1 Å². The highest BCUT2D eigenvalue weighted by molar-refractivity contribution is 7.98. The van der Waals surface area contributed by atoms with Gasteiger partial charge in [0.15, 0.2) is 0 Å². The minimum atomic E-state index is -0.904. The molecule has 0 saturated carbocycles. The highest BCUT2D eigenvalue weighted by Crippen LogP contribution is 2.42. The van der Waals surface area contributed by atoms with Gasteiger partial charge in [-0.15, -0.1) is 11.8 Å². The number of hydrogen-bond donors (Lipinski definition) is 1. The molecule has 0 saturated heterocycles. The molecule has 0 radical (unpaired) electrons. The predicted octanol–water partition coefficient (Wildman–Crippen LogP) is 3.91. The first-order valence-corrected chi connectivity index (χ1v) is 7.89. The summed E-state index contributed by atoms with van der Waals surface area (Å²) in [5, 5.41) is 11.3. The van der Waals surface area contributed by atoms with Gasteiger partial charge >= 0.3 is 5.97 Å². The number of carbonyl (C=O) groups is 1. The molecule has 3 aromatic rings. The Labute approximate surface area is 131 Å². The van der Waals surface area contributed by atoms with Gasteiger partial charge in [-0.2, -0.15) is 0 Å². The number of fused-ring (bicyclic) bond motifs is 4. The van der Waals surface area contributed by atoms with Crippen LogP contribution in [0.3, 0.4) is 0 Å². The van der Waals surface area contributed by atoms with E-state index in [0.29, 0.717) is 22.2 Å². The van der Waals surface area contributed by atoms with Gasteiger partial charge in [0.25, 0.3) is 0 Å². The van der Waals surface area contributed by atoms with Crippen molar-refractivity contribution < 1.29 is 9.90 Å². The number of thioether (sulfide) groups is 1. The number of aromatic nitrogens is 2. The normalized spacial score (nSPS) is 12.8. The van der Waals surface area contributed by atoms with E-state index in [9.17, 15) is 9.90 Å². The number of nitrogens with zero attached hydrogens (tertiary/aromatic N) is 2. The maximum atomic E-state index is 11.8. The summed E-state index contributed by atoms with van der Waals surface area (Å²) in [4.78, 5) is 21.1. The molecule has 5 heteroatoms. The summed E-state index contributed by atoms with van der Waals surface area (Å²) in [6, 6.07) is 11.3. The van der Waals surface area contributed by atoms with E-state index in [-0.39, 0.29) is 0 Å². The Bertz CT molecular complexity index is 937. The maximum Gasteiger partial charge on any atom is 0.336 e. The molecule has 1 N–H and O–H groups in total. The highest BCUT2D eigenvalue weighted by Gasteiger charge is 2.26. The number of hydrogen-bond acceptors (Lipinski definition) is 4. The molecule has 3 heterocycles. The van der Waals surface area contributed by atoms with Crippen LogP contribution in [0.2, 0.25) is 0 Å². The molecule has 4 rings (SSSR count). The number of benzene rings is 1. The zero-order valence-corrected chi connectivity index (χ0v) is 12.6. The van der Waals surface area contributed by atoms with Crippen LogP contribution >= 0.6 is 11.8 Å². The number of para-hydroxylation sites is 1. The monoisotopic (exact) mass is 308 g/mol. The van der Waals surface area contributed by atoms with Crippen molar-refractivity contribution in [2.75, 3.05) is 0 Å². The second-order valence-corrected chi connectivity index (χ2v) is 6.19. The number of pyridine rings is 2. The third kappa shape index (κ3) is 1.89. The van der Waals surface area contributed by atoms with Crippen LogP contribution < -0.4 is 0 Å². The van der Waals surface area contributed by atoms with E-state index in [4.69, 9.17) is 4.98 Å². The lowest BCUT2D eigenvalue weighted by molar-refractivity contribution is 0.0698. The summed E-state index contributed by atoms with van der Waals surface area (Å²) in [5.74, 6) is -0.322. The van der Waals surface area contributed by atoms with Gasteiger partial charge in [-0.25, -0.2) is 14.8 Å². The van der Waals surface area contributed by atoms with Gasteiger partial charge in [0, 0.05) is 28.0 Å². The van der Waals surface area contributed by atoms with Crippen LogP contribution in [0.4, 0.5) is 0 Å². The lowest BCUT2D eigenvalue weighted by atomic mass is 9.98. The Morgan fingerprint density at radius 3 is 2.82 bits per heavy atom. The van der Waals surface area contributed by atoms with Crippen molar-refractivity contribution in [1.29, 1.82) is 0 Å². The van der Waals surface area contributed by atoms with Crippen LogP contribution in [0.15, 0.2) is 41.4 Å². The Hall–Kier alpha value is -2.40. The second kappa shape index (κ2) is 4.81. The lowest BCUT2D eigenvalue weighted by Gasteiger charge is -2.21. The molecular weight excluding hydrogens is 296 g/mol. The third-order valence-electron chi connectivity index (χ3n) is 3.81. The fraction of sp³-hybridized carbons (Fsp3) is 0.118. The number of rotatable bonds is 1. The van der Waals surface area contributed by atoms with Crippen LogP contribution in [0, 0.1) is 6.92 Å². The van der Waals surface area contributed by atoms with Crippen LogP contribution in [0.5, 0.6) is 0 Å². The summed E-state index contributed by atoms with van der Waals surface area (Å²) in [7, 11) is 0. The van der Waals surface area contributed by atoms with Gasteiger partial charge in [0.2, 0.25) is 0 Å². The van der Waals surface area contributed by atoms with Gasteiger partial charge in [-0.1, -0.05) is 18.2 Å². The minimum Gasteiger partial charge on any atom is -0.478 e. The number of aryl methyl sites for hydroxylation is 1. The van der Waals surface area contributed by atoms with Crippen molar-refractivity contribution >= 4 is 28.6 Å². The summed E-state index contributed by atoms with van der Waals surface area (Å²) < 4.78 is 0. The van der Waals surface area contributed by atoms with E-state index in [0.717, 1.165) is 27.5 Å². The molecule has 1 aromatic carbocycles. The average molecular weight is 308 g/mol. The van der Waals surface area contributed by atoms with Crippen molar-refractivity contribution in [3.05, 3.63) is 53.2 Å². The Kier molecular flexibility index (Phi) is 2.90. The van der Waals surface area contributed by atoms with Gasteiger partial charge in [0.1, 0.15) is 5.03 Å². The quantitative estimate of drug-likeness (QED) is 0.738. The Balaban J connectivity index is 2.12. The van der Waals surface area contributed by atoms with Crippen molar-refractivity contribution in [3.8, 4) is 11.3 Å². The van der Waals surface area contributed by atoms with Crippen molar-refractivity contribution in [2.45, 2.75) is 17.7 Å². The third-order valence-corrected chi connectivity index (χ3v) is 4.83. The fourth-order valence-electron chi connectivity index (χ4n) is 2.82. The molecule has 0 fully saturated rings.